The normalized spacial score (nSPS) is 27.9. The lowest BCUT2D eigenvalue weighted by molar-refractivity contribution is -0.132. The van der Waals surface area contributed by atoms with Gasteiger partial charge in [-0.05, 0) is 6.42 Å². The highest BCUT2D eigenvalue weighted by molar-refractivity contribution is 14.1. The number of piperidine rings is 1. The molecule has 0 aromatic rings. The molecule has 1 heterocycles. The lowest BCUT2D eigenvalue weighted by atomic mass is 10.1. The topological polar surface area (TPSA) is 46.2 Å². The van der Waals surface area contributed by atoms with Crippen LogP contribution in [0.15, 0.2) is 0 Å². The third kappa shape index (κ3) is 1.64. The van der Waals surface area contributed by atoms with Crippen LogP contribution in [-0.2, 0) is 9.59 Å². The zero-order chi connectivity index (χ0) is 6.85. The first-order valence-electron chi connectivity index (χ1n) is 2.68. The SMILES string of the molecule is O=C1CCC(I)C(=O)N1. The lowest BCUT2D eigenvalue weighted by Gasteiger charge is -2.14. The van der Waals surface area contributed by atoms with Gasteiger partial charge in [0.1, 0.15) is 0 Å². The molecular formula is C5H6INO2. The molecule has 0 aromatic carbocycles. The standard InChI is InChI=1S/C5H6INO2/c6-3-1-2-4(8)7-5(3)9/h3H,1-2H2,(H,7,8,9). The maximum atomic E-state index is 10.7. The van der Waals surface area contributed by atoms with Crippen molar-refractivity contribution in [1.29, 1.82) is 0 Å². The molecule has 1 saturated heterocycles. The molecule has 2 amide bonds. The number of imide groups is 1. The van der Waals surface area contributed by atoms with Crippen molar-refractivity contribution in [3.63, 3.8) is 0 Å². The third-order valence-corrected chi connectivity index (χ3v) is 2.36. The molecule has 0 spiro atoms. The number of nitrogens with one attached hydrogen (secondary N) is 1. The van der Waals surface area contributed by atoms with Crippen LogP contribution in [0.5, 0.6) is 0 Å². The Hall–Kier alpha value is -0.130. The fourth-order valence-corrected chi connectivity index (χ4v) is 1.13. The van der Waals surface area contributed by atoms with E-state index in [1.165, 1.54) is 0 Å². The van der Waals surface area contributed by atoms with Crippen molar-refractivity contribution in [2.75, 3.05) is 0 Å². The molecule has 1 fully saturated rings. The van der Waals surface area contributed by atoms with Crippen LogP contribution < -0.4 is 5.32 Å². The Labute approximate surface area is 66.3 Å². The van der Waals surface area contributed by atoms with Crippen LogP contribution in [0.4, 0.5) is 0 Å². The Balaban J connectivity index is 2.54. The second kappa shape index (κ2) is 2.64. The first kappa shape index (κ1) is 6.98. The number of hydrogen-bond acceptors (Lipinski definition) is 2. The van der Waals surface area contributed by atoms with Crippen LogP contribution in [0.1, 0.15) is 12.8 Å². The van der Waals surface area contributed by atoms with Crippen LogP contribution in [0.25, 0.3) is 0 Å². The van der Waals surface area contributed by atoms with E-state index in [9.17, 15) is 9.59 Å². The summed E-state index contributed by atoms with van der Waals surface area (Å²) < 4.78 is -0.0136. The third-order valence-electron chi connectivity index (χ3n) is 1.17. The summed E-state index contributed by atoms with van der Waals surface area (Å²) in [5, 5.41) is 2.24. The van der Waals surface area contributed by atoms with Gasteiger partial charge in [0.2, 0.25) is 11.8 Å². The van der Waals surface area contributed by atoms with Crippen LogP contribution in [0, 0.1) is 0 Å². The maximum absolute atomic E-state index is 10.7. The number of halogens is 1. The van der Waals surface area contributed by atoms with E-state index in [-0.39, 0.29) is 15.7 Å². The van der Waals surface area contributed by atoms with Crippen LogP contribution >= 0.6 is 22.6 Å². The molecule has 4 heteroatoms. The van der Waals surface area contributed by atoms with Gasteiger partial charge >= 0.3 is 0 Å². The number of rotatable bonds is 0. The van der Waals surface area contributed by atoms with E-state index in [1.54, 1.807) is 0 Å². The summed E-state index contributed by atoms with van der Waals surface area (Å²) in [6.07, 6.45) is 1.17. The molecule has 0 saturated carbocycles. The molecule has 1 atom stereocenters. The fourth-order valence-electron chi connectivity index (χ4n) is 0.667. The van der Waals surface area contributed by atoms with Crippen molar-refractivity contribution < 1.29 is 9.59 Å². The molecule has 1 rings (SSSR count). The molecule has 0 aromatic heterocycles. The number of alkyl halides is 1. The van der Waals surface area contributed by atoms with E-state index in [0.29, 0.717) is 12.8 Å². The summed E-state index contributed by atoms with van der Waals surface area (Å²) in [6.45, 7) is 0. The highest BCUT2D eigenvalue weighted by Gasteiger charge is 2.23. The maximum Gasteiger partial charge on any atom is 0.239 e. The van der Waals surface area contributed by atoms with Crippen LogP contribution in [-0.4, -0.2) is 15.7 Å². The van der Waals surface area contributed by atoms with Gasteiger partial charge in [0.05, 0.1) is 3.92 Å². The number of carbonyl (C=O) groups excluding carboxylic acids is 2. The van der Waals surface area contributed by atoms with E-state index < -0.39 is 0 Å². The van der Waals surface area contributed by atoms with E-state index >= 15 is 0 Å². The Bertz CT molecular complexity index is 157. The summed E-state index contributed by atoms with van der Waals surface area (Å²) in [7, 11) is 0. The average Bonchev–Trinajstić information content (AvgIpc) is 1.80. The summed E-state index contributed by atoms with van der Waals surface area (Å²) in [4.78, 5) is 21.1. The van der Waals surface area contributed by atoms with E-state index in [4.69, 9.17) is 0 Å². The lowest BCUT2D eigenvalue weighted by Crippen LogP contribution is -2.40. The van der Waals surface area contributed by atoms with Gasteiger partial charge in [0.15, 0.2) is 0 Å². The quantitative estimate of drug-likeness (QED) is 0.373. The molecule has 0 radical (unpaired) electrons. The number of amides is 2. The summed E-state index contributed by atoms with van der Waals surface area (Å²) in [5.74, 6) is -0.292. The molecule has 1 unspecified atom stereocenters. The van der Waals surface area contributed by atoms with Crippen molar-refractivity contribution in [2.24, 2.45) is 0 Å². The zero-order valence-corrected chi connectivity index (χ0v) is 6.84. The van der Waals surface area contributed by atoms with Crippen molar-refractivity contribution in [3.8, 4) is 0 Å². The van der Waals surface area contributed by atoms with Gasteiger partial charge in [0, 0.05) is 6.42 Å². The van der Waals surface area contributed by atoms with Crippen LogP contribution in [0.2, 0.25) is 0 Å². The van der Waals surface area contributed by atoms with Gasteiger partial charge in [-0.25, -0.2) is 0 Å². The highest BCUT2D eigenvalue weighted by Crippen LogP contribution is 2.12. The Morgan fingerprint density at radius 3 is 2.67 bits per heavy atom. The second-order valence-electron chi connectivity index (χ2n) is 1.92. The van der Waals surface area contributed by atoms with Gasteiger partial charge in [-0.15, -0.1) is 0 Å². The van der Waals surface area contributed by atoms with Gasteiger partial charge in [-0.2, -0.15) is 0 Å². The molecule has 0 aliphatic carbocycles. The summed E-state index contributed by atoms with van der Waals surface area (Å²) in [5.41, 5.74) is 0. The Kier molecular flexibility index (Phi) is 2.05. The first-order valence-corrected chi connectivity index (χ1v) is 3.92. The van der Waals surface area contributed by atoms with Gasteiger partial charge in [-0.1, -0.05) is 22.6 Å². The Morgan fingerprint density at radius 1 is 1.56 bits per heavy atom. The van der Waals surface area contributed by atoms with Crippen LogP contribution in [0.3, 0.4) is 0 Å². The minimum Gasteiger partial charge on any atom is -0.296 e. The van der Waals surface area contributed by atoms with E-state index in [0.717, 1.165) is 0 Å². The van der Waals surface area contributed by atoms with Gasteiger partial charge < -0.3 is 0 Å². The van der Waals surface area contributed by atoms with Crippen molar-refractivity contribution >= 4 is 34.4 Å². The monoisotopic (exact) mass is 239 g/mol. The number of hydrogen-bond donors (Lipinski definition) is 1. The van der Waals surface area contributed by atoms with Crippen molar-refractivity contribution in [3.05, 3.63) is 0 Å². The number of carbonyl (C=O) groups is 2. The van der Waals surface area contributed by atoms with Gasteiger partial charge in [-0.3, -0.25) is 14.9 Å². The summed E-state index contributed by atoms with van der Waals surface area (Å²) in [6, 6.07) is 0. The molecule has 1 aliphatic rings. The predicted molar refractivity (Wildman–Crippen MR) is 40.2 cm³/mol. The minimum absolute atomic E-state index is 0.0136. The minimum atomic E-state index is -0.146. The molecule has 3 nitrogen and oxygen atoms in total. The highest BCUT2D eigenvalue weighted by atomic mass is 127. The zero-order valence-electron chi connectivity index (χ0n) is 4.69. The van der Waals surface area contributed by atoms with E-state index in [1.807, 2.05) is 22.6 Å². The van der Waals surface area contributed by atoms with Crippen molar-refractivity contribution in [2.45, 2.75) is 16.8 Å². The van der Waals surface area contributed by atoms with Crippen molar-refractivity contribution in [1.82, 2.24) is 5.32 Å². The molecule has 50 valence electrons. The smallest absolute Gasteiger partial charge is 0.239 e. The van der Waals surface area contributed by atoms with Gasteiger partial charge in [0.25, 0.3) is 0 Å². The first-order chi connectivity index (χ1) is 4.20. The Morgan fingerprint density at radius 2 is 2.22 bits per heavy atom. The fraction of sp³-hybridized carbons (Fsp3) is 0.600. The predicted octanol–water partition coefficient (Wildman–Crippen LogP) is 0.227. The molecule has 9 heavy (non-hydrogen) atoms. The molecule has 1 aliphatic heterocycles. The molecular weight excluding hydrogens is 233 g/mol. The molecule has 0 bridgehead atoms. The average molecular weight is 239 g/mol. The largest absolute Gasteiger partial charge is 0.296 e. The molecule has 1 N–H and O–H groups in total. The summed E-state index contributed by atoms with van der Waals surface area (Å²) >= 11 is 2.03. The second-order valence-corrected chi connectivity index (χ2v) is 3.42. The van der Waals surface area contributed by atoms with E-state index in [2.05, 4.69) is 5.32 Å².